The van der Waals surface area contributed by atoms with Gasteiger partial charge in [0, 0.05) is 17.3 Å². The van der Waals surface area contributed by atoms with E-state index in [2.05, 4.69) is 12.1 Å². The molecule has 160 valence electrons. The van der Waals surface area contributed by atoms with Crippen LogP contribution in [0.25, 0.3) is 0 Å². The summed E-state index contributed by atoms with van der Waals surface area (Å²) >= 11 is 1.54. The Kier molecular flexibility index (Phi) is 10.3. The summed E-state index contributed by atoms with van der Waals surface area (Å²) in [6.45, 7) is 1.92. The zero-order chi connectivity index (χ0) is 21.1. The van der Waals surface area contributed by atoms with Crippen LogP contribution in [0.2, 0.25) is 0 Å². The highest BCUT2D eigenvalue weighted by molar-refractivity contribution is 7.52. The Balaban J connectivity index is 1.67. The molecule has 5 nitrogen and oxygen atoms in total. The van der Waals surface area contributed by atoms with Crippen LogP contribution in [-0.4, -0.2) is 29.5 Å². The first kappa shape index (κ1) is 24.0. The standard InChI is InChI=1S/C22H32NO4PS/c1-2-27-28(25,26)17-16-19(23)12-13-20-14-15-22(29-20)21(24)11-7-6-10-18-8-4-3-5-9-18/h3-5,8-9,14-15,19H,2,6-7,10-13,16-17,23H2,1H3,(H,25,26). The molecule has 7 heteroatoms. The third kappa shape index (κ3) is 9.37. The van der Waals surface area contributed by atoms with Crippen molar-refractivity contribution < 1.29 is 18.8 Å². The van der Waals surface area contributed by atoms with Crippen molar-refractivity contribution in [2.24, 2.45) is 5.73 Å². The molecular weight excluding hydrogens is 405 g/mol. The van der Waals surface area contributed by atoms with Crippen molar-refractivity contribution in [1.29, 1.82) is 0 Å². The van der Waals surface area contributed by atoms with Gasteiger partial charge >= 0.3 is 7.60 Å². The van der Waals surface area contributed by atoms with Crippen LogP contribution >= 0.6 is 18.9 Å². The molecule has 1 aromatic carbocycles. The van der Waals surface area contributed by atoms with Gasteiger partial charge in [-0.3, -0.25) is 9.36 Å². The minimum atomic E-state index is -3.51. The lowest BCUT2D eigenvalue weighted by atomic mass is 10.1. The number of benzene rings is 1. The van der Waals surface area contributed by atoms with Crippen LogP contribution in [0.3, 0.4) is 0 Å². The van der Waals surface area contributed by atoms with E-state index >= 15 is 0 Å². The van der Waals surface area contributed by atoms with E-state index in [1.54, 1.807) is 6.92 Å². The zero-order valence-electron chi connectivity index (χ0n) is 17.1. The van der Waals surface area contributed by atoms with Gasteiger partial charge in [-0.05, 0) is 63.1 Å². The number of carbonyl (C=O) groups is 1. The summed E-state index contributed by atoms with van der Waals surface area (Å²) in [6, 6.07) is 14.1. The number of ketones is 1. The molecule has 3 N–H and O–H groups in total. The summed E-state index contributed by atoms with van der Waals surface area (Å²) in [7, 11) is -3.51. The van der Waals surface area contributed by atoms with Gasteiger partial charge < -0.3 is 15.2 Å². The molecule has 29 heavy (non-hydrogen) atoms. The molecule has 0 amide bonds. The summed E-state index contributed by atoms with van der Waals surface area (Å²) in [5.74, 6) is 0.205. The highest BCUT2D eigenvalue weighted by Gasteiger charge is 2.19. The molecular formula is C22H32NO4PS. The van der Waals surface area contributed by atoms with Crippen molar-refractivity contribution >= 4 is 24.7 Å². The number of thiophene rings is 1. The van der Waals surface area contributed by atoms with Gasteiger partial charge in [-0.2, -0.15) is 0 Å². The number of rotatable bonds is 14. The topological polar surface area (TPSA) is 89.6 Å². The number of unbranched alkanes of at least 4 members (excludes halogenated alkanes) is 1. The lowest BCUT2D eigenvalue weighted by Gasteiger charge is -2.14. The third-order valence-corrected chi connectivity index (χ3v) is 7.44. The smallest absolute Gasteiger partial charge is 0.328 e. The lowest BCUT2D eigenvalue weighted by Crippen LogP contribution is -2.22. The molecule has 0 aliphatic heterocycles. The largest absolute Gasteiger partial charge is 0.328 e. The molecule has 2 unspecified atom stereocenters. The van der Waals surface area contributed by atoms with Gasteiger partial charge in [-0.1, -0.05) is 30.3 Å². The molecule has 0 saturated heterocycles. The van der Waals surface area contributed by atoms with Gasteiger partial charge in [-0.15, -0.1) is 11.3 Å². The van der Waals surface area contributed by atoms with Gasteiger partial charge in [0.25, 0.3) is 0 Å². The van der Waals surface area contributed by atoms with Gasteiger partial charge in [0.2, 0.25) is 0 Å². The summed E-state index contributed by atoms with van der Waals surface area (Å²) in [6.07, 6.45) is 5.52. The zero-order valence-corrected chi connectivity index (χ0v) is 18.8. The summed E-state index contributed by atoms with van der Waals surface area (Å²) in [5.41, 5.74) is 7.38. The first-order chi connectivity index (χ1) is 13.9. The third-order valence-electron chi connectivity index (χ3n) is 4.77. The van der Waals surface area contributed by atoms with Crippen LogP contribution in [0, 0.1) is 0 Å². The molecule has 0 spiro atoms. The predicted molar refractivity (Wildman–Crippen MR) is 120 cm³/mol. The fourth-order valence-corrected chi connectivity index (χ4v) is 5.29. The van der Waals surface area contributed by atoms with Crippen LogP contribution in [-0.2, 0) is 21.9 Å². The van der Waals surface area contributed by atoms with E-state index in [1.165, 1.54) is 16.9 Å². The van der Waals surface area contributed by atoms with E-state index in [4.69, 9.17) is 10.3 Å². The Morgan fingerprint density at radius 3 is 2.62 bits per heavy atom. The minimum Gasteiger partial charge on any atom is -0.328 e. The SMILES string of the molecule is CCOP(=O)(O)CCC(N)CCc1ccc(C(=O)CCCCc2ccccc2)s1. The highest BCUT2D eigenvalue weighted by atomic mass is 32.1. The highest BCUT2D eigenvalue weighted by Crippen LogP contribution is 2.42. The molecule has 0 aliphatic carbocycles. The number of carbonyl (C=O) groups excluding carboxylic acids is 1. The summed E-state index contributed by atoms with van der Waals surface area (Å²) in [5, 5.41) is 0. The van der Waals surface area contributed by atoms with Crippen molar-refractivity contribution in [2.75, 3.05) is 12.8 Å². The summed E-state index contributed by atoms with van der Waals surface area (Å²) in [4.78, 5) is 23.9. The van der Waals surface area contributed by atoms with Crippen molar-refractivity contribution in [3.63, 3.8) is 0 Å². The Hall–Kier alpha value is -1.30. The Morgan fingerprint density at radius 2 is 1.90 bits per heavy atom. The fourth-order valence-electron chi connectivity index (χ4n) is 3.11. The van der Waals surface area contributed by atoms with E-state index in [1.807, 2.05) is 30.3 Å². The average molecular weight is 438 g/mol. The minimum absolute atomic E-state index is 0.0825. The van der Waals surface area contributed by atoms with Crippen molar-refractivity contribution in [3.05, 3.63) is 57.8 Å². The molecule has 0 saturated carbocycles. The summed E-state index contributed by atoms with van der Waals surface area (Å²) < 4.78 is 16.6. The van der Waals surface area contributed by atoms with E-state index in [0.717, 1.165) is 41.9 Å². The van der Waals surface area contributed by atoms with Crippen LogP contribution in [0.1, 0.15) is 59.1 Å². The number of hydrogen-bond acceptors (Lipinski definition) is 5. The van der Waals surface area contributed by atoms with Gasteiger partial charge in [0.05, 0.1) is 17.6 Å². The number of hydrogen-bond donors (Lipinski definition) is 2. The van der Waals surface area contributed by atoms with Crippen LogP contribution in [0.15, 0.2) is 42.5 Å². The van der Waals surface area contributed by atoms with E-state index in [0.29, 0.717) is 12.8 Å². The van der Waals surface area contributed by atoms with Gasteiger partial charge in [0.1, 0.15) is 0 Å². The Labute approximate surface area is 177 Å². The van der Waals surface area contributed by atoms with Gasteiger partial charge in [-0.25, -0.2) is 0 Å². The first-order valence-corrected chi connectivity index (χ1v) is 12.9. The predicted octanol–water partition coefficient (Wildman–Crippen LogP) is 5.22. The van der Waals surface area contributed by atoms with E-state index in [9.17, 15) is 14.3 Å². The molecule has 2 rings (SSSR count). The fraction of sp³-hybridized carbons (Fsp3) is 0.500. The first-order valence-electron chi connectivity index (χ1n) is 10.3. The lowest BCUT2D eigenvalue weighted by molar-refractivity contribution is 0.0983. The molecule has 1 aromatic heterocycles. The quantitative estimate of drug-likeness (QED) is 0.240. The van der Waals surface area contributed by atoms with E-state index in [-0.39, 0.29) is 24.6 Å². The number of nitrogens with two attached hydrogens (primary N) is 1. The second-order valence-corrected chi connectivity index (χ2v) is 10.4. The number of aryl methyl sites for hydroxylation is 2. The normalized spacial score (nSPS) is 14.4. The second kappa shape index (κ2) is 12.4. The average Bonchev–Trinajstić information content (AvgIpc) is 3.18. The van der Waals surface area contributed by atoms with Crippen molar-refractivity contribution in [1.82, 2.24) is 0 Å². The second-order valence-electron chi connectivity index (χ2n) is 7.25. The van der Waals surface area contributed by atoms with Crippen LogP contribution in [0.5, 0.6) is 0 Å². The van der Waals surface area contributed by atoms with Crippen molar-refractivity contribution in [3.8, 4) is 0 Å². The molecule has 2 atom stereocenters. The molecule has 2 aromatic rings. The van der Waals surface area contributed by atoms with Crippen LogP contribution < -0.4 is 5.73 Å². The molecule has 0 fully saturated rings. The molecule has 1 heterocycles. The maximum absolute atomic E-state index is 12.4. The number of Topliss-reactive ketones (excluding diaryl/α,β-unsaturated/α-hetero) is 1. The van der Waals surface area contributed by atoms with Crippen molar-refractivity contribution in [2.45, 2.75) is 57.9 Å². The molecule has 0 bridgehead atoms. The maximum atomic E-state index is 12.4. The Bertz CT molecular complexity index is 793. The maximum Gasteiger partial charge on any atom is 0.328 e. The molecule has 0 aliphatic rings. The monoisotopic (exact) mass is 437 g/mol. The van der Waals surface area contributed by atoms with Gasteiger partial charge in [0.15, 0.2) is 5.78 Å². The van der Waals surface area contributed by atoms with Crippen LogP contribution in [0.4, 0.5) is 0 Å². The van der Waals surface area contributed by atoms with E-state index < -0.39 is 7.60 Å². The molecule has 0 radical (unpaired) electrons. The Morgan fingerprint density at radius 1 is 1.14 bits per heavy atom.